The fraction of sp³-hybridized carbons (Fsp3) is 0.154. The Morgan fingerprint density at radius 2 is 2.11 bits per heavy atom. The molecule has 0 spiro atoms. The Kier molecular flexibility index (Phi) is 3.25. The summed E-state index contributed by atoms with van der Waals surface area (Å²) in [5.41, 5.74) is 7.38. The largest absolute Gasteiger partial charge is 0.475 e. The molecule has 1 aromatic carbocycles. The Labute approximate surface area is 110 Å². The summed E-state index contributed by atoms with van der Waals surface area (Å²) in [7, 11) is 5.88. The van der Waals surface area contributed by atoms with Crippen LogP contribution in [-0.2, 0) is 16.0 Å². The molecule has 6 heteroatoms. The summed E-state index contributed by atoms with van der Waals surface area (Å²) < 4.78 is 0. The summed E-state index contributed by atoms with van der Waals surface area (Å²) in [5, 5.41) is 10.2. The average molecular weight is 254 g/mol. The Bertz CT molecular complexity index is 698. The number of aryl methyl sites for hydroxylation is 1. The molecular formula is C13H11BN2O3. The van der Waals surface area contributed by atoms with Gasteiger partial charge in [-0.3, -0.25) is 4.79 Å². The average Bonchev–Trinajstić information content (AvgIpc) is 2.35. The highest BCUT2D eigenvalue weighted by Crippen LogP contribution is 2.23. The summed E-state index contributed by atoms with van der Waals surface area (Å²) >= 11 is 0. The van der Waals surface area contributed by atoms with Crippen LogP contribution >= 0.6 is 0 Å². The van der Waals surface area contributed by atoms with E-state index in [2.05, 4.69) is 4.98 Å². The summed E-state index contributed by atoms with van der Waals surface area (Å²) in [4.78, 5) is 25.9. The molecule has 0 aliphatic heterocycles. The molecule has 0 amide bonds. The number of carboxylic acids is 1. The first-order chi connectivity index (χ1) is 8.91. The van der Waals surface area contributed by atoms with Crippen LogP contribution in [0.2, 0.25) is 0 Å². The third kappa shape index (κ3) is 2.29. The first-order valence-electron chi connectivity index (χ1n) is 5.60. The van der Waals surface area contributed by atoms with E-state index >= 15 is 0 Å². The van der Waals surface area contributed by atoms with Gasteiger partial charge in [0.2, 0.25) is 5.78 Å². The van der Waals surface area contributed by atoms with Crippen molar-refractivity contribution in [2.75, 3.05) is 5.73 Å². The molecule has 1 heterocycles. The van der Waals surface area contributed by atoms with Crippen molar-refractivity contribution in [3.8, 4) is 0 Å². The SMILES string of the molecule is [B]c1cc2c(N)nccc2c(C)c1CC(=O)C(=O)O. The second-order valence-electron chi connectivity index (χ2n) is 4.27. The predicted molar refractivity (Wildman–Crippen MR) is 72.6 cm³/mol. The first kappa shape index (κ1) is 13.1. The summed E-state index contributed by atoms with van der Waals surface area (Å²) in [6.07, 6.45) is 1.33. The van der Waals surface area contributed by atoms with Crippen molar-refractivity contribution >= 4 is 41.7 Å². The molecule has 2 radical (unpaired) electrons. The van der Waals surface area contributed by atoms with E-state index in [-0.39, 0.29) is 6.42 Å². The number of pyridine rings is 1. The maximum absolute atomic E-state index is 11.3. The van der Waals surface area contributed by atoms with Crippen LogP contribution in [0.25, 0.3) is 10.8 Å². The van der Waals surface area contributed by atoms with E-state index in [9.17, 15) is 9.59 Å². The molecule has 0 saturated heterocycles. The molecule has 0 saturated carbocycles. The van der Waals surface area contributed by atoms with Crippen LogP contribution < -0.4 is 11.2 Å². The number of hydrogen-bond donors (Lipinski definition) is 2. The topological polar surface area (TPSA) is 93.3 Å². The number of aliphatic carboxylic acids is 1. The van der Waals surface area contributed by atoms with Gasteiger partial charge < -0.3 is 10.8 Å². The number of nitrogens with zero attached hydrogens (tertiary/aromatic N) is 1. The molecule has 0 aliphatic carbocycles. The number of benzene rings is 1. The molecule has 0 bridgehead atoms. The normalized spacial score (nSPS) is 10.6. The van der Waals surface area contributed by atoms with Crippen molar-refractivity contribution in [1.82, 2.24) is 4.98 Å². The lowest BCUT2D eigenvalue weighted by molar-refractivity contribution is -0.148. The Balaban J connectivity index is 2.63. The maximum atomic E-state index is 11.3. The lowest BCUT2D eigenvalue weighted by atomic mass is 9.83. The van der Waals surface area contributed by atoms with E-state index in [1.54, 1.807) is 25.3 Å². The predicted octanol–water partition coefficient (Wildman–Crippen LogP) is 0.115. The van der Waals surface area contributed by atoms with Crippen molar-refractivity contribution < 1.29 is 14.7 Å². The molecule has 1 aromatic heterocycles. The Morgan fingerprint density at radius 1 is 1.42 bits per heavy atom. The van der Waals surface area contributed by atoms with Crippen molar-refractivity contribution in [3.05, 3.63) is 29.5 Å². The van der Waals surface area contributed by atoms with Gasteiger partial charge in [-0.05, 0) is 29.5 Å². The zero-order valence-electron chi connectivity index (χ0n) is 10.3. The highest BCUT2D eigenvalue weighted by atomic mass is 16.4. The molecule has 0 aliphatic rings. The minimum absolute atomic E-state index is 0.231. The fourth-order valence-electron chi connectivity index (χ4n) is 2.06. The molecule has 3 N–H and O–H groups in total. The van der Waals surface area contributed by atoms with E-state index in [4.69, 9.17) is 18.7 Å². The van der Waals surface area contributed by atoms with Crippen molar-refractivity contribution in [2.24, 2.45) is 0 Å². The number of rotatable bonds is 3. The smallest absolute Gasteiger partial charge is 0.372 e. The number of anilines is 1. The standard InChI is InChI=1S/C13H11BN2O3/c1-6-7-2-3-16-12(15)9(7)4-10(14)8(6)5-11(17)13(18)19/h2-4H,5H2,1H3,(H2,15,16)(H,18,19). The second-order valence-corrected chi connectivity index (χ2v) is 4.27. The highest BCUT2D eigenvalue weighted by Gasteiger charge is 2.17. The van der Waals surface area contributed by atoms with Gasteiger partial charge in [0.1, 0.15) is 13.7 Å². The molecule has 0 fully saturated rings. The highest BCUT2D eigenvalue weighted by molar-refractivity contribution is 6.37. The zero-order chi connectivity index (χ0) is 14.2. The van der Waals surface area contributed by atoms with E-state index in [0.29, 0.717) is 22.2 Å². The molecule has 19 heavy (non-hydrogen) atoms. The number of ketones is 1. The van der Waals surface area contributed by atoms with Crippen molar-refractivity contribution in [3.63, 3.8) is 0 Å². The van der Waals surface area contributed by atoms with E-state index in [0.717, 1.165) is 10.9 Å². The number of carbonyl (C=O) groups excluding carboxylic acids is 1. The minimum atomic E-state index is -1.46. The number of Topliss-reactive ketones (excluding diaryl/α,β-unsaturated/α-hetero) is 1. The number of carboxylic acid groups (broad SMARTS) is 1. The van der Waals surface area contributed by atoms with Gasteiger partial charge >= 0.3 is 5.97 Å². The van der Waals surface area contributed by atoms with Crippen LogP contribution in [0.15, 0.2) is 18.3 Å². The van der Waals surface area contributed by atoms with Gasteiger partial charge in [-0.15, -0.1) is 0 Å². The van der Waals surface area contributed by atoms with Crippen molar-refractivity contribution in [1.29, 1.82) is 0 Å². The van der Waals surface area contributed by atoms with E-state index in [1.165, 1.54) is 0 Å². The Morgan fingerprint density at radius 3 is 2.74 bits per heavy atom. The number of nitrogen functional groups attached to an aromatic ring is 1. The monoisotopic (exact) mass is 254 g/mol. The van der Waals surface area contributed by atoms with Gasteiger partial charge in [-0.1, -0.05) is 11.5 Å². The van der Waals surface area contributed by atoms with Gasteiger partial charge in [-0.25, -0.2) is 9.78 Å². The molecule has 2 rings (SSSR count). The molecule has 5 nitrogen and oxygen atoms in total. The zero-order valence-corrected chi connectivity index (χ0v) is 10.3. The van der Waals surface area contributed by atoms with Crippen molar-refractivity contribution in [2.45, 2.75) is 13.3 Å². The molecule has 2 aromatic rings. The van der Waals surface area contributed by atoms with E-state index < -0.39 is 11.8 Å². The van der Waals surface area contributed by atoms with Crippen LogP contribution in [0, 0.1) is 6.92 Å². The summed E-state index contributed by atoms with van der Waals surface area (Å²) in [6.45, 7) is 1.78. The summed E-state index contributed by atoms with van der Waals surface area (Å²) in [5.74, 6) is -2.01. The number of fused-ring (bicyclic) bond motifs is 1. The van der Waals surface area contributed by atoms with Gasteiger partial charge in [0.25, 0.3) is 0 Å². The van der Waals surface area contributed by atoms with Gasteiger partial charge in [-0.2, -0.15) is 0 Å². The van der Waals surface area contributed by atoms with E-state index in [1.807, 2.05) is 0 Å². The minimum Gasteiger partial charge on any atom is -0.475 e. The van der Waals surface area contributed by atoms with Crippen LogP contribution in [0.5, 0.6) is 0 Å². The quantitative estimate of drug-likeness (QED) is 0.599. The molecule has 0 unspecified atom stereocenters. The number of aromatic nitrogens is 1. The molecule has 0 atom stereocenters. The number of nitrogens with two attached hydrogens (primary N) is 1. The number of carbonyl (C=O) groups is 2. The Hall–Kier alpha value is -2.37. The van der Waals surface area contributed by atoms with Gasteiger partial charge in [0.05, 0.1) is 0 Å². The first-order valence-corrected chi connectivity index (χ1v) is 5.60. The van der Waals surface area contributed by atoms with Gasteiger partial charge in [0, 0.05) is 18.0 Å². The van der Waals surface area contributed by atoms with Crippen LogP contribution in [0.3, 0.4) is 0 Å². The molecule has 94 valence electrons. The third-order valence-electron chi connectivity index (χ3n) is 3.10. The van der Waals surface area contributed by atoms with Crippen LogP contribution in [0.1, 0.15) is 11.1 Å². The van der Waals surface area contributed by atoms with Crippen LogP contribution in [0.4, 0.5) is 5.82 Å². The van der Waals surface area contributed by atoms with Gasteiger partial charge in [0.15, 0.2) is 0 Å². The molecular weight excluding hydrogens is 243 g/mol. The number of hydrogen-bond acceptors (Lipinski definition) is 4. The maximum Gasteiger partial charge on any atom is 0.372 e. The lowest BCUT2D eigenvalue weighted by Gasteiger charge is -2.13. The lowest BCUT2D eigenvalue weighted by Crippen LogP contribution is -2.22. The van der Waals surface area contributed by atoms with Crippen LogP contribution in [-0.4, -0.2) is 29.7 Å². The third-order valence-corrected chi connectivity index (χ3v) is 3.10. The fourth-order valence-corrected chi connectivity index (χ4v) is 2.06. The second kappa shape index (κ2) is 4.72. The summed E-state index contributed by atoms with van der Waals surface area (Å²) in [6, 6.07) is 3.38.